The molecular weight excluding hydrogens is 374 g/mol. The van der Waals surface area contributed by atoms with E-state index in [2.05, 4.69) is 15.2 Å². The van der Waals surface area contributed by atoms with Crippen molar-refractivity contribution < 1.29 is 27.3 Å². The van der Waals surface area contributed by atoms with Crippen molar-refractivity contribution in [1.82, 2.24) is 14.8 Å². The Morgan fingerprint density at radius 3 is 2.74 bits per heavy atom. The lowest BCUT2D eigenvalue weighted by Gasteiger charge is -2.36. The molecule has 0 aromatic carbocycles. The molecular formula is C17H25N3O6S. The van der Waals surface area contributed by atoms with E-state index in [1.54, 1.807) is 13.0 Å². The van der Waals surface area contributed by atoms with Gasteiger partial charge in [0.25, 0.3) is 5.91 Å². The van der Waals surface area contributed by atoms with E-state index < -0.39 is 16.0 Å². The van der Waals surface area contributed by atoms with Gasteiger partial charge >= 0.3 is 5.97 Å². The Kier molecular flexibility index (Phi) is 5.85. The molecule has 0 radical (unpaired) electrons. The lowest BCUT2D eigenvalue weighted by atomic mass is 10.0. The minimum absolute atomic E-state index is 0.138. The number of nitrogens with zero attached hydrogens (tertiary/aromatic N) is 2. The molecule has 1 saturated heterocycles. The number of carbonyl (C=O) groups is 2. The Balaban J connectivity index is 1.52. The lowest BCUT2D eigenvalue weighted by molar-refractivity contribution is -0.140. The van der Waals surface area contributed by atoms with Crippen LogP contribution in [-0.4, -0.2) is 61.2 Å². The third-order valence-corrected chi connectivity index (χ3v) is 7.02. The Morgan fingerprint density at radius 1 is 1.37 bits per heavy atom. The summed E-state index contributed by atoms with van der Waals surface area (Å²) in [4.78, 5) is 23.6. The third-order valence-electron chi connectivity index (χ3n) is 5.04. The number of sulfonamides is 1. The minimum atomic E-state index is -3.55. The van der Waals surface area contributed by atoms with Crippen molar-refractivity contribution in [2.45, 2.75) is 57.0 Å². The van der Waals surface area contributed by atoms with Gasteiger partial charge < -0.3 is 14.6 Å². The molecule has 27 heavy (non-hydrogen) atoms. The quantitative estimate of drug-likeness (QED) is 0.680. The first-order valence-corrected chi connectivity index (χ1v) is 10.7. The van der Waals surface area contributed by atoms with Crippen LogP contribution in [0.2, 0.25) is 0 Å². The van der Waals surface area contributed by atoms with Gasteiger partial charge in [0.15, 0.2) is 5.69 Å². The van der Waals surface area contributed by atoms with Gasteiger partial charge in [-0.25, -0.2) is 8.42 Å². The molecule has 1 aliphatic heterocycles. The number of hydrogen-bond acceptors (Lipinski definition) is 7. The van der Waals surface area contributed by atoms with Gasteiger partial charge in [0.2, 0.25) is 10.0 Å². The summed E-state index contributed by atoms with van der Waals surface area (Å²) in [5.74, 6) is 0.0122. The summed E-state index contributed by atoms with van der Waals surface area (Å²) in [6.45, 7) is 2.09. The molecule has 1 aromatic heterocycles. The van der Waals surface area contributed by atoms with Crippen LogP contribution in [0.5, 0.6) is 0 Å². The van der Waals surface area contributed by atoms with Gasteiger partial charge in [0.1, 0.15) is 5.76 Å². The predicted molar refractivity (Wildman–Crippen MR) is 95.6 cm³/mol. The second-order valence-corrected chi connectivity index (χ2v) is 9.23. The monoisotopic (exact) mass is 399 g/mol. The van der Waals surface area contributed by atoms with Crippen LogP contribution in [0.25, 0.3) is 0 Å². The van der Waals surface area contributed by atoms with Gasteiger partial charge in [-0.3, -0.25) is 9.59 Å². The number of ether oxygens (including phenoxy) is 1. The molecule has 2 fully saturated rings. The smallest absolute Gasteiger partial charge is 0.306 e. The fraction of sp³-hybridized carbons (Fsp3) is 0.706. The van der Waals surface area contributed by atoms with Crippen LogP contribution in [0.15, 0.2) is 10.6 Å². The largest absolute Gasteiger partial charge is 0.469 e. The summed E-state index contributed by atoms with van der Waals surface area (Å²) in [5, 5.41) is 6.74. The fourth-order valence-electron chi connectivity index (χ4n) is 3.34. The molecule has 1 amide bonds. The van der Waals surface area contributed by atoms with Crippen LogP contribution >= 0.6 is 0 Å². The zero-order valence-corrected chi connectivity index (χ0v) is 16.3. The molecule has 1 N–H and O–H groups in total. The van der Waals surface area contributed by atoms with Gasteiger partial charge in [-0.2, -0.15) is 4.31 Å². The average Bonchev–Trinajstić information content (AvgIpc) is 3.36. The van der Waals surface area contributed by atoms with E-state index in [1.165, 1.54) is 11.4 Å². The van der Waals surface area contributed by atoms with Crippen LogP contribution in [0, 0.1) is 0 Å². The molecule has 9 nitrogen and oxygen atoms in total. The Labute approximate surface area is 158 Å². The maximum Gasteiger partial charge on any atom is 0.306 e. The number of methoxy groups -OCH3 is 1. The first kappa shape index (κ1) is 19.8. The zero-order valence-electron chi connectivity index (χ0n) is 15.5. The SMILES string of the molecule is COC(=O)CCS(=O)(=O)N1CC[C@H](NC(=O)c2cc(C3CC3)on2)C[C@@H]1C. The normalized spacial score (nSPS) is 23.8. The highest BCUT2D eigenvalue weighted by molar-refractivity contribution is 7.89. The van der Waals surface area contributed by atoms with E-state index in [9.17, 15) is 18.0 Å². The van der Waals surface area contributed by atoms with E-state index in [-0.39, 0.29) is 35.9 Å². The Morgan fingerprint density at radius 2 is 2.11 bits per heavy atom. The number of piperidine rings is 1. The van der Waals surface area contributed by atoms with Crippen LogP contribution in [0.3, 0.4) is 0 Å². The van der Waals surface area contributed by atoms with E-state index >= 15 is 0 Å². The zero-order chi connectivity index (χ0) is 19.6. The van der Waals surface area contributed by atoms with Crippen molar-refractivity contribution in [2.24, 2.45) is 0 Å². The van der Waals surface area contributed by atoms with Crippen molar-refractivity contribution in [3.8, 4) is 0 Å². The van der Waals surface area contributed by atoms with Crippen LogP contribution < -0.4 is 5.32 Å². The fourth-order valence-corrected chi connectivity index (χ4v) is 5.02. The molecule has 0 spiro atoms. The molecule has 2 aliphatic rings. The highest BCUT2D eigenvalue weighted by Crippen LogP contribution is 2.40. The Hall–Kier alpha value is -1.94. The van der Waals surface area contributed by atoms with Crippen LogP contribution in [0.1, 0.15) is 61.2 Å². The number of carbonyl (C=O) groups excluding carboxylic acids is 2. The highest BCUT2D eigenvalue weighted by Gasteiger charge is 2.35. The van der Waals surface area contributed by atoms with E-state index in [0.29, 0.717) is 25.3 Å². The van der Waals surface area contributed by atoms with Gasteiger partial charge in [0.05, 0.1) is 19.3 Å². The maximum atomic E-state index is 12.4. The first-order chi connectivity index (χ1) is 12.8. The molecule has 1 aliphatic carbocycles. The van der Waals surface area contributed by atoms with Gasteiger partial charge in [-0.05, 0) is 32.6 Å². The molecule has 0 unspecified atom stereocenters. The molecule has 150 valence electrons. The summed E-state index contributed by atoms with van der Waals surface area (Å²) in [6, 6.07) is 1.27. The number of aromatic nitrogens is 1. The molecule has 2 atom stereocenters. The lowest BCUT2D eigenvalue weighted by Crippen LogP contribution is -2.51. The molecule has 3 rings (SSSR count). The molecule has 0 bridgehead atoms. The van der Waals surface area contributed by atoms with Crippen molar-refractivity contribution in [2.75, 3.05) is 19.4 Å². The van der Waals surface area contributed by atoms with E-state index in [4.69, 9.17) is 4.52 Å². The predicted octanol–water partition coefficient (Wildman–Crippen LogP) is 1.03. The second kappa shape index (κ2) is 7.97. The topological polar surface area (TPSA) is 119 Å². The van der Waals surface area contributed by atoms with E-state index in [0.717, 1.165) is 18.6 Å². The maximum absolute atomic E-state index is 12.4. The van der Waals surface area contributed by atoms with Gasteiger partial charge in [-0.1, -0.05) is 5.16 Å². The molecule has 2 heterocycles. The minimum Gasteiger partial charge on any atom is -0.469 e. The summed E-state index contributed by atoms with van der Waals surface area (Å²) >= 11 is 0. The van der Waals surface area contributed by atoms with Crippen molar-refractivity contribution in [1.29, 1.82) is 0 Å². The van der Waals surface area contributed by atoms with Crippen LogP contribution in [-0.2, 0) is 19.6 Å². The summed E-state index contributed by atoms with van der Waals surface area (Å²) in [6.07, 6.45) is 2.96. The molecule has 1 saturated carbocycles. The highest BCUT2D eigenvalue weighted by atomic mass is 32.2. The molecule has 1 aromatic rings. The van der Waals surface area contributed by atoms with Gasteiger partial charge in [-0.15, -0.1) is 0 Å². The average molecular weight is 399 g/mol. The van der Waals surface area contributed by atoms with Gasteiger partial charge in [0, 0.05) is 30.6 Å². The van der Waals surface area contributed by atoms with Crippen LogP contribution in [0.4, 0.5) is 0 Å². The number of rotatable bonds is 7. The van der Waals surface area contributed by atoms with Crippen molar-refractivity contribution in [3.63, 3.8) is 0 Å². The third kappa shape index (κ3) is 4.86. The number of esters is 1. The summed E-state index contributed by atoms with van der Waals surface area (Å²) in [7, 11) is -2.32. The number of hydrogen-bond donors (Lipinski definition) is 1. The number of amides is 1. The summed E-state index contributed by atoms with van der Waals surface area (Å²) < 4.78 is 36.0. The first-order valence-electron chi connectivity index (χ1n) is 9.14. The second-order valence-electron chi connectivity index (χ2n) is 7.19. The molecule has 10 heteroatoms. The number of nitrogens with one attached hydrogen (secondary N) is 1. The van der Waals surface area contributed by atoms with Crippen molar-refractivity contribution >= 4 is 21.9 Å². The summed E-state index contributed by atoms with van der Waals surface area (Å²) in [5.41, 5.74) is 0.262. The van der Waals surface area contributed by atoms with Crippen molar-refractivity contribution in [3.05, 3.63) is 17.5 Å². The standard InChI is InChI=1S/C17H25N3O6S/c1-11-9-13(5-7-20(11)27(23,24)8-6-16(21)25-2)18-17(22)14-10-15(26-19-14)12-3-4-12/h10-13H,3-9H2,1-2H3,(H,18,22)/t11-,13-/m0/s1. The van der Waals surface area contributed by atoms with E-state index in [1.807, 2.05) is 0 Å². The Bertz CT molecular complexity index is 801.